The second-order valence-electron chi connectivity index (χ2n) is 6.23. The number of carbonyl (C=O) groups excluding carboxylic acids is 2. The van der Waals surface area contributed by atoms with Gasteiger partial charge in [0.1, 0.15) is 5.69 Å². The lowest BCUT2D eigenvalue weighted by molar-refractivity contribution is -0.384. The number of carbonyl (C=O) groups is 2. The third-order valence-corrected chi connectivity index (χ3v) is 3.65. The normalized spacial score (nSPS) is 10.3. The molecule has 0 atom stereocenters. The molecule has 2 aromatic rings. The summed E-state index contributed by atoms with van der Waals surface area (Å²) in [5.74, 6) is -0.685. The summed E-state index contributed by atoms with van der Waals surface area (Å²) in [4.78, 5) is 34.7. The van der Waals surface area contributed by atoms with Crippen molar-refractivity contribution in [1.82, 2.24) is 10.6 Å². The molecule has 27 heavy (non-hydrogen) atoms. The molecule has 2 amide bonds. The molecular weight excluding hydrogens is 348 g/mol. The van der Waals surface area contributed by atoms with E-state index in [0.717, 1.165) is 5.56 Å². The number of nitrogens with one attached hydrogen (secondary N) is 3. The van der Waals surface area contributed by atoms with Crippen molar-refractivity contribution < 1.29 is 14.5 Å². The third-order valence-electron chi connectivity index (χ3n) is 3.65. The first-order chi connectivity index (χ1) is 12.9. The van der Waals surface area contributed by atoms with Gasteiger partial charge in [0.05, 0.1) is 11.5 Å². The van der Waals surface area contributed by atoms with Gasteiger partial charge < -0.3 is 16.0 Å². The van der Waals surface area contributed by atoms with Crippen LogP contribution in [0.15, 0.2) is 48.5 Å². The van der Waals surface area contributed by atoms with E-state index in [2.05, 4.69) is 16.0 Å². The predicted molar refractivity (Wildman–Crippen MR) is 102 cm³/mol. The van der Waals surface area contributed by atoms with Gasteiger partial charge in [0.2, 0.25) is 5.91 Å². The number of nitrogens with zero attached hydrogens (tertiary/aromatic N) is 1. The van der Waals surface area contributed by atoms with Crippen LogP contribution in [0, 0.1) is 10.1 Å². The Hall–Kier alpha value is -3.42. The van der Waals surface area contributed by atoms with E-state index < -0.39 is 4.92 Å². The monoisotopic (exact) mass is 370 g/mol. The van der Waals surface area contributed by atoms with E-state index in [-0.39, 0.29) is 41.3 Å². The quantitative estimate of drug-likeness (QED) is 0.488. The van der Waals surface area contributed by atoms with E-state index in [1.165, 1.54) is 18.2 Å². The van der Waals surface area contributed by atoms with E-state index in [1.54, 1.807) is 13.8 Å². The Balaban J connectivity index is 1.99. The highest BCUT2D eigenvalue weighted by Gasteiger charge is 2.18. The van der Waals surface area contributed by atoms with Gasteiger partial charge in [-0.15, -0.1) is 0 Å². The van der Waals surface area contributed by atoms with E-state index >= 15 is 0 Å². The van der Waals surface area contributed by atoms with Crippen molar-refractivity contribution in [2.24, 2.45) is 0 Å². The van der Waals surface area contributed by atoms with Crippen LogP contribution >= 0.6 is 0 Å². The fourth-order valence-electron chi connectivity index (χ4n) is 2.35. The highest BCUT2D eigenvalue weighted by Crippen LogP contribution is 2.25. The molecular formula is C19H22N4O4. The minimum absolute atomic E-state index is 0.0809. The highest BCUT2D eigenvalue weighted by atomic mass is 16.6. The summed E-state index contributed by atoms with van der Waals surface area (Å²) in [6.45, 7) is 3.86. The van der Waals surface area contributed by atoms with E-state index in [1.807, 2.05) is 30.3 Å². The number of rotatable bonds is 8. The molecule has 2 aromatic carbocycles. The van der Waals surface area contributed by atoms with Crippen LogP contribution in [-0.2, 0) is 11.3 Å². The first-order valence-corrected chi connectivity index (χ1v) is 8.50. The summed E-state index contributed by atoms with van der Waals surface area (Å²) < 4.78 is 0. The summed E-state index contributed by atoms with van der Waals surface area (Å²) in [5.41, 5.74) is 1.06. The summed E-state index contributed by atoms with van der Waals surface area (Å²) in [7, 11) is 0. The van der Waals surface area contributed by atoms with Crippen LogP contribution in [0.3, 0.4) is 0 Å². The maximum atomic E-state index is 12.0. The van der Waals surface area contributed by atoms with E-state index in [9.17, 15) is 19.7 Å². The summed E-state index contributed by atoms with van der Waals surface area (Å²) >= 11 is 0. The number of nitro benzene ring substituents is 1. The molecule has 0 fully saturated rings. The SMILES string of the molecule is CC(C)NC(=O)c1ccc(NCC(=O)NCc2ccccc2)c([N+](=O)[O-])c1. The minimum atomic E-state index is -0.587. The molecule has 0 radical (unpaired) electrons. The Morgan fingerprint density at radius 1 is 1.11 bits per heavy atom. The topological polar surface area (TPSA) is 113 Å². The van der Waals surface area contributed by atoms with Crippen LogP contribution in [0.5, 0.6) is 0 Å². The fourth-order valence-corrected chi connectivity index (χ4v) is 2.35. The number of amides is 2. The Bertz CT molecular complexity index is 822. The molecule has 0 bridgehead atoms. The standard InChI is InChI=1S/C19H22N4O4/c1-13(2)22-19(25)15-8-9-16(17(10-15)23(26)27)20-12-18(24)21-11-14-6-4-3-5-7-14/h3-10,13,20H,11-12H2,1-2H3,(H,21,24)(H,22,25). The van der Waals surface area contributed by atoms with Gasteiger partial charge in [0.15, 0.2) is 0 Å². The zero-order valence-corrected chi connectivity index (χ0v) is 15.2. The Labute approximate surface area is 157 Å². The molecule has 8 heteroatoms. The average molecular weight is 370 g/mol. The van der Waals surface area contributed by atoms with Crippen LogP contribution in [0.1, 0.15) is 29.8 Å². The van der Waals surface area contributed by atoms with Crippen LogP contribution < -0.4 is 16.0 Å². The van der Waals surface area contributed by atoms with Crippen molar-refractivity contribution in [3.05, 3.63) is 69.8 Å². The van der Waals surface area contributed by atoms with Crippen molar-refractivity contribution in [3.63, 3.8) is 0 Å². The van der Waals surface area contributed by atoms with Crippen LogP contribution in [0.4, 0.5) is 11.4 Å². The largest absolute Gasteiger partial charge is 0.371 e. The van der Waals surface area contributed by atoms with Crippen molar-refractivity contribution in [2.75, 3.05) is 11.9 Å². The summed E-state index contributed by atoms with van der Waals surface area (Å²) in [5, 5.41) is 19.5. The second kappa shape index (κ2) is 9.33. The molecule has 0 saturated heterocycles. The molecule has 0 aliphatic heterocycles. The molecule has 0 aromatic heterocycles. The fraction of sp³-hybridized carbons (Fsp3) is 0.263. The van der Waals surface area contributed by atoms with Crippen molar-refractivity contribution in [3.8, 4) is 0 Å². The van der Waals surface area contributed by atoms with Crippen LogP contribution in [-0.4, -0.2) is 29.3 Å². The molecule has 3 N–H and O–H groups in total. The zero-order chi connectivity index (χ0) is 19.8. The maximum absolute atomic E-state index is 12.0. The molecule has 0 spiro atoms. The summed E-state index contributed by atoms with van der Waals surface area (Å²) in [6, 6.07) is 13.4. The molecule has 2 rings (SSSR count). The van der Waals surface area contributed by atoms with E-state index in [4.69, 9.17) is 0 Å². The van der Waals surface area contributed by atoms with Gasteiger partial charge in [-0.25, -0.2) is 0 Å². The van der Waals surface area contributed by atoms with Crippen molar-refractivity contribution >= 4 is 23.2 Å². The van der Waals surface area contributed by atoms with Crippen molar-refractivity contribution in [2.45, 2.75) is 26.4 Å². The molecule has 142 valence electrons. The number of nitro groups is 1. The summed E-state index contributed by atoms with van der Waals surface area (Å²) in [6.07, 6.45) is 0. The number of benzene rings is 2. The molecule has 0 aliphatic rings. The lowest BCUT2D eigenvalue weighted by Gasteiger charge is -2.11. The van der Waals surface area contributed by atoms with Gasteiger partial charge in [0, 0.05) is 24.2 Å². The maximum Gasteiger partial charge on any atom is 0.293 e. The zero-order valence-electron chi connectivity index (χ0n) is 15.2. The predicted octanol–water partition coefficient (Wildman–Crippen LogP) is 2.46. The highest BCUT2D eigenvalue weighted by molar-refractivity contribution is 5.96. The number of hydrogen-bond acceptors (Lipinski definition) is 5. The van der Waals surface area contributed by atoms with Gasteiger partial charge in [-0.05, 0) is 31.5 Å². The van der Waals surface area contributed by atoms with E-state index in [0.29, 0.717) is 6.54 Å². The lowest BCUT2D eigenvalue weighted by atomic mass is 10.1. The molecule has 0 unspecified atom stereocenters. The second-order valence-corrected chi connectivity index (χ2v) is 6.23. The Kier molecular flexibility index (Phi) is 6.87. The van der Waals surface area contributed by atoms with Gasteiger partial charge in [-0.1, -0.05) is 30.3 Å². The first kappa shape index (κ1) is 19.9. The smallest absolute Gasteiger partial charge is 0.293 e. The first-order valence-electron chi connectivity index (χ1n) is 8.50. The van der Waals surface area contributed by atoms with Gasteiger partial charge in [0.25, 0.3) is 11.6 Å². The van der Waals surface area contributed by atoms with Crippen molar-refractivity contribution in [1.29, 1.82) is 0 Å². The van der Waals surface area contributed by atoms with Gasteiger partial charge >= 0.3 is 0 Å². The van der Waals surface area contributed by atoms with Crippen LogP contribution in [0.2, 0.25) is 0 Å². The molecule has 0 saturated carbocycles. The number of hydrogen-bond donors (Lipinski definition) is 3. The average Bonchev–Trinajstić information content (AvgIpc) is 2.64. The molecule has 0 aliphatic carbocycles. The Morgan fingerprint density at radius 3 is 2.44 bits per heavy atom. The van der Waals surface area contributed by atoms with Gasteiger partial charge in [-0.2, -0.15) is 0 Å². The van der Waals surface area contributed by atoms with Gasteiger partial charge in [-0.3, -0.25) is 19.7 Å². The van der Waals surface area contributed by atoms with Crippen LogP contribution in [0.25, 0.3) is 0 Å². The minimum Gasteiger partial charge on any atom is -0.371 e. The third kappa shape index (κ3) is 6.10. The number of anilines is 1. The molecule has 8 nitrogen and oxygen atoms in total. The molecule has 0 heterocycles. The lowest BCUT2D eigenvalue weighted by Crippen LogP contribution is -2.30. The Morgan fingerprint density at radius 2 is 1.81 bits per heavy atom.